The second-order valence-corrected chi connectivity index (χ2v) is 2.67. The Morgan fingerprint density at radius 1 is 1.50 bits per heavy atom. The molecule has 0 aliphatic carbocycles. The zero-order valence-electron chi connectivity index (χ0n) is 6.49. The van der Waals surface area contributed by atoms with Crippen molar-refractivity contribution in [1.82, 2.24) is 0 Å². The first kappa shape index (κ1) is 8.83. The third-order valence-corrected chi connectivity index (χ3v) is 1.64. The van der Waals surface area contributed by atoms with E-state index in [0.29, 0.717) is 6.42 Å². The Hall–Kier alpha value is -1.26. The molecule has 1 heterocycles. The zero-order chi connectivity index (χ0) is 8.97. The summed E-state index contributed by atoms with van der Waals surface area (Å²) in [6.45, 7) is 0.540. The molecule has 0 amide bonds. The van der Waals surface area contributed by atoms with Crippen molar-refractivity contribution in [3.05, 3.63) is 0 Å². The number of cyclic esters (lactones) is 2. The van der Waals surface area contributed by atoms with Crippen molar-refractivity contribution in [1.29, 1.82) is 0 Å². The van der Waals surface area contributed by atoms with Gasteiger partial charge in [0.05, 0.1) is 0 Å². The molecule has 0 spiro atoms. The van der Waals surface area contributed by atoms with Gasteiger partial charge in [-0.15, -0.1) is 0 Å². The lowest BCUT2D eigenvalue weighted by Crippen LogP contribution is -2.27. The molecule has 5 nitrogen and oxygen atoms in total. The maximum Gasteiger partial charge on any atom is 0.508 e. The molecule has 0 atom stereocenters. The largest absolute Gasteiger partial charge is 0.508 e. The lowest BCUT2D eigenvalue weighted by atomic mass is 10.1. The number of rotatable bonds is 3. The fourth-order valence-electron chi connectivity index (χ4n) is 0.956. The number of carbonyl (C=O) groups is 2. The van der Waals surface area contributed by atoms with Gasteiger partial charge in [0.15, 0.2) is 0 Å². The Kier molecular flexibility index (Phi) is 2.90. The normalized spacial score (nSPS) is 18.2. The molecule has 1 rings (SSSR count). The molecule has 0 aromatic rings. The van der Waals surface area contributed by atoms with Crippen molar-refractivity contribution < 1.29 is 24.2 Å². The van der Waals surface area contributed by atoms with Crippen molar-refractivity contribution in [2.24, 2.45) is 5.92 Å². The van der Waals surface area contributed by atoms with Crippen LogP contribution in [-0.2, 0) is 14.3 Å². The molecule has 0 aromatic heterocycles. The summed E-state index contributed by atoms with van der Waals surface area (Å²) in [7, 11) is 0. The highest BCUT2D eigenvalue weighted by molar-refractivity contribution is 5.66. The molecular weight excluding hydrogens is 164 g/mol. The van der Waals surface area contributed by atoms with Gasteiger partial charge < -0.3 is 14.6 Å². The van der Waals surface area contributed by atoms with Gasteiger partial charge in [-0.2, -0.15) is 0 Å². The lowest BCUT2D eigenvalue weighted by molar-refractivity contribution is -0.137. The SMILES string of the molecule is O=C(O)CCC1COC(=O)OC1. The molecule has 0 unspecified atom stereocenters. The highest BCUT2D eigenvalue weighted by atomic mass is 16.7. The van der Waals surface area contributed by atoms with E-state index in [1.165, 1.54) is 0 Å². The van der Waals surface area contributed by atoms with E-state index in [1.54, 1.807) is 0 Å². The van der Waals surface area contributed by atoms with Crippen LogP contribution in [0.3, 0.4) is 0 Å². The summed E-state index contributed by atoms with van der Waals surface area (Å²) in [6.07, 6.45) is -0.0876. The minimum Gasteiger partial charge on any atom is -0.481 e. The molecule has 5 heteroatoms. The van der Waals surface area contributed by atoms with Crippen LogP contribution < -0.4 is 0 Å². The van der Waals surface area contributed by atoms with Crippen molar-refractivity contribution in [3.8, 4) is 0 Å². The minimum atomic E-state index is -0.841. The van der Waals surface area contributed by atoms with Crippen molar-refractivity contribution >= 4 is 12.1 Å². The number of carboxylic acids is 1. The Bertz CT molecular complexity index is 178. The average Bonchev–Trinajstić information content (AvgIpc) is 2.03. The molecule has 68 valence electrons. The number of carboxylic acid groups (broad SMARTS) is 1. The molecule has 1 saturated heterocycles. The second-order valence-electron chi connectivity index (χ2n) is 2.67. The van der Waals surface area contributed by atoms with Gasteiger partial charge in [0.25, 0.3) is 0 Å². The summed E-state index contributed by atoms with van der Waals surface area (Å²) in [5.74, 6) is -0.814. The average molecular weight is 174 g/mol. The molecule has 1 aliphatic heterocycles. The predicted molar refractivity (Wildman–Crippen MR) is 37.7 cm³/mol. The number of hydrogen-bond donors (Lipinski definition) is 1. The van der Waals surface area contributed by atoms with Gasteiger partial charge in [-0.1, -0.05) is 0 Å². The molecule has 0 bridgehead atoms. The molecule has 0 aromatic carbocycles. The monoisotopic (exact) mass is 174 g/mol. The van der Waals surface area contributed by atoms with E-state index in [-0.39, 0.29) is 25.6 Å². The number of aliphatic carboxylic acids is 1. The van der Waals surface area contributed by atoms with Gasteiger partial charge in [0.1, 0.15) is 13.2 Å². The fourth-order valence-corrected chi connectivity index (χ4v) is 0.956. The van der Waals surface area contributed by atoms with Gasteiger partial charge in [0, 0.05) is 12.3 Å². The van der Waals surface area contributed by atoms with Gasteiger partial charge in [0.2, 0.25) is 0 Å². The van der Waals surface area contributed by atoms with Crippen LogP contribution in [0.2, 0.25) is 0 Å². The number of ether oxygens (including phenoxy) is 2. The Morgan fingerprint density at radius 2 is 2.08 bits per heavy atom. The fraction of sp³-hybridized carbons (Fsp3) is 0.714. The van der Waals surface area contributed by atoms with Gasteiger partial charge in [-0.3, -0.25) is 4.79 Å². The summed E-state index contributed by atoms with van der Waals surface area (Å²) in [5, 5.41) is 8.35. The molecule has 1 aliphatic rings. The van der Waals surface area contributed by atoms with Crippen LogP contribution in [0.15, 0.2) is 0 Å². The molecule has 12 heavy (non-hydrogen) atoms. The maximum atomic E-state index is 10.4. The maximum absolute atomic E-state index is 10.4. The molecule has 1 fully saturated rings. The van der Waals surface area contributed by atoms with E-state index < -0.39 is 12.1 Å². The van der Waals surface area contributed by atoms with Crippen LogP contribution in [0.25, 0.3) is 0 Å². The van der Waals surface area contributed by atoms with Crippen LogP contribution in [0.4, 0.5) is 4.79 Å². The number of hydrogen-bond acceptors (Lipinski definition) is 4. The second kappa shape index (κ2) is 3.94. The van der Waals surface area contributed by atoms with E-state index >= 15 is 0 Å². The first-order valence-corrected chi connectivity index (χ1v) is 3.70. The predicted octanol–water partition coefficient (Wildman–Crippen LogP) is 0.634. The zero-order valence-corrected chi connectivity index (χ0v) is 6.49. The first-order chi connectivity index (χ1) is 5.68. The topological polar surface area (TPSA) is 72.8 Å². The first-order valence-electron chi connectivity index (χ1n) is 3.70. The summed E-state index contributed by atoms with van der Waals surface area (Å²) < 4.78 is 9.14. The minimum absolute atomic E-state index is 0.0267. The molecular formula is C7H10O5. The van der Waals surface area contributed by atoms with E-state index in [2.05, 4.69) is 9.47 Å². The van der Waals surface area contributed by atoms with Crippen molar-refractivity contribution in [3.63, 3.8) is 0 Å². The van der Waals surface area contributed by atoms with Crippen LogP contribution in [-0.4, -0.2) is 30.4 Å². The molecule has 1 N–H and O–H groups in total. The van der Waals surface area contributed by atoms with Crippen LogP contribution in [0.1, 0.15) is 12.8 Å². The smallest absolute Gasteiger partial charge is 0.481 e. The van der Waals surface area contributed by atoms with E-state index in [0.717, 1.165) is 0 Å². The highest BCUT2D eigenvalue weighted by Crippen LogP contribution is 2.12. The lowest BCUT2D eigenvalue weighted by Gasteiger charge is -2.20. The molecule has 0 radical (unpaired) electrons. The van der Waals surface area contributed by atoms with Crippen LogP contribution >= 0.6 is 0 Å². The number of carbonyl (C=O) groups excluding carboxylic acids is 1. The van der Waals surface area contributed by atoms with E-state index in [4.69, 9.17) is 5.11 Å². The third kappa shape index (κ3) is 2.77. The highest BCUT2D eigenvalue weighted by Gasteiger charge is 2.21. The molecule has 0 saturated carbocycles. The van der Waals surface area contributed by atoms with Crippen molar-refractivity contribution in [2.75, 3.05) is 13.2 Å². The van der Waals surface area contributed by atoms with Crippen molar-refractivity contribution in [2.45, 2.75) is 12.8 Å². The standard InChI is InChI=1S/C7H10O5/c8-6(9)2-1-5-3-11-7(10)12-4-5/h5H,1-4H2,(H,8,9). The Morgan fingerprint density at radius 3 is 2.58 bits per heavy atom. The summed E-state index contributed by atoms with van der Waals surface area (Å²) in [5.41, 5.74) is 0. The summed E-state index contributed by atoms with van der Waals surface area (Å²) >= 11 is 0. The van der Waals surface area contributed by atoms with Crippen LogP contribution in [0.5, 0.6) is 0 Å². The Balaban J connectivity index is 2.17. The summed E-state index contributed by atoms with van der Waals surface area (Å²) in [4.78, 5) is 20.5. The van der Waals surface area contributed by atoms with Gasteiger partial charge in [-0.05, 0) is 6.42 Å². The van der Waals surface area contributed by atoms with Gasteiger partial charge in [-0.25, -0.2) is 4.79 Å². The third-order valence-electron chi connectivity index (χ3n) is 1.64. The quantitative estimate of drug-likeness (QED) is 0.635. The summed E-state index contributed by atoms with van der Waals surface area (Å²) in [6, 6.07) is 0. The Labute approximate surface area is 69.3 Å². The van der Waals surface area contributed by atoms with Gasteiger partial charge >= 0.3 is 12.1 Å². The van der Waals surface area contributed by atoms with E-state index in [9.17, 15) is 9.59 Å². The van der Waals surface area contributed by atoms with Crippen LogP contribution in [0, 0.1) is 5.92 Å². The van der Waals surface area contributed by atoms with E-state index in [1.807, 2.05) is 0 Å².